The summed E-state index contributed by atoms with van der Waals surface area (Å²) in [5.41, 5.74) is 2.75. The third-order valence-corrected chi connectivity index (χ3v) is 4.66. The highest BCUT2D eigenvalue weighted by Crippen LogP contribution is 2.23. The molecule has 1 atom stereocenters. The van der Waals surface area contributed by atoms with E-state index in [4.69, 9.17) is 4.74 Å². The van der Waals surface area contributed by atoms with Gasteiger partial charge in [0.15, 0.2) is 5.96 Å². The van der Waals surface area contributed by atoms with Crippen molar-refractivity contribution < 1.29 is 4.74 Å². The largest absolute Gasteiger partial charge is 0.377 e. The molecular formula is C21H27N3O. The molecule has 2 aromatic rings. The summed E-state index contributed by atoms with van der Waals surface area (Å²) in [7, 11) is 1.82. The number of nitrogens with zero attached hydrogens (tertiary/aromatic N) is 1. The van der Waals surface area contributed by atoms with E-state index >= 15 is 0 Å². The third kappa shape index (κ3) is 4.60. The number of hydrogen-bond acceptors (Lipinski definition) is 2. The first-order valence-corrected chi connectivity index (χ1v) is 8.98. The Morgan fingerprint density at radius 2 is 2.04 bits per heavy atom. The average molecular weight is 337 g/mol. The summed E-state index contributed by atoms with van der Waals surface area (Å²) in [6, 6.07) is 15.1. The van der Waals surface area contributed by atoms with Gasteiger partial charge < -0.3 is 15.4 Å². The van der Waals surface area contributed by atoms with Crippen LogP contribution in [0.3, 0.4) is 0 Å². The van der Waals surface area contributed by atoms with Crippen molar-refractivity contribution in [3.63, 3.8) is 0 Å². The maximum absolute atomic E-state index is 5.35. The minimum absolute atomic E-state index is 0.180. The van der Waals surface area contributed by atoms with Crippen molar-refractivity contribution in [3.8, 4) is 0 Å². The molecule has 0 aromatic heterocycles. The number of nitrogens with one attached hydrogen (secondary N) is 2. The summed E-state index contributed by atoms with van der Waals surface area (Å²) < 4.78 is 5.35. The fourth-order valence-electron chi connectivity index (χ4n) is 3.24. The van der Waals surface area contributed by atoms with Crippen LogP contribution in [0.4, 0.5) is 0 Å². The summed E-state index contributed by atoms with van der Waals surface area (Å²) in [6.45, 7) is 4.65. The molecule has 0 saturated carbocycles. The Labute approximate surface area is 150 Å². The highest BCUT2D eigenvalue weighted by Gasteiger charge is 2.11. The van der Waals surface area contributed by atoms with Crippen LogP contribution in [0.2, 0.25) is 0 Å². The lowest BCUT2D eigenvalue weighted by Gasteiger charge is -2.20. The fraction of sp³-hybridized carbons (Fsp3) is 0.381. The van der Waals surface area contributed by atoms with Gasteiger partial charge in [0.1, 0.15) is 0 Å². The van der Waals surface area contributed by atoms with E-state index in [-0.39, 0.29) is 6.04 Å². The van der Waals surface area contributed by atoms with Gasteiger partial charge in [0.2, 0.25) is 0 Å². The minimum atomic E-state index is 0.180. The van der Waals surface area contributed by atoms with Gasteiger partial charge in [-0.25, -0.2) is 0 Å². The van der Waals surface area contributed by atoms with Crippen molar-refractivity contribution in [1.29, 1.82) is 0 Å². The second kappa shape index (κ2) is 8.67. The first-order chi connectivity index (χ1) is 12.3. The lowest BCUT2D eigenvalue weighted by molar-refractivity contribution is 0.153. The summed E-state index contributed by atoms with van der Waals surface area (Å²) in [5, 5.41) is 9.48. The van der Waals surface area contributed by atoms with Crippen LogP contribution in [0.1, 0.15) is 31.4 Å². The van der Waals surface area contributed by atoms with Crippen molar-refractivity contribution in [3.05, 3.63) is 59.7 Å². The minimum Gasteiger partial charge on any atom is -0.377 e. The predicted octanol–water partition coefficient (Wildman–Crippen LogP) is 3.80. The molecule has 2 N–H and O–H groups in total. The van der Waals surface area contributed by atoms with Crippen molar-refractivity contribution in [1.82, 2.24) is 10.6 Å². The summed E-state index contributed by atoms with van der Waals surface area (Å²) in [5.74, 6) is 0.841. The van der Waals surface area contributed by atoms with Crippen LogP contribution < -0.4 is 10.6 Å². The van der Waals surface area contributed by atoms with Crippen molar-refractivity contribution in [2.45, 2.75) is 25.8 Å². The van der Waals surface area contributed by atoms with E-state index in [1.807, 2.05) is 7.05 Å². The molecule has 1 unspecified atom stereocenters. The lowest BCUT2D eigenvalue weighted by Crippen LogP contribution is -2.39. The Bertz CT molecular complexity index is 761. The topological polar surface area (TPSA) is 45.7 Å². The van der Waals surface area contributed by atoms with Crippen LogP contribution >= 0.6 is 0 Å². The van der Waals surface area contributed by atoms with E-state index in [0.717, 1.165) is 38.6 Å². The summed E-state index contributed by atoms with van der Waals surface area (Å²) in [4.78, 5) is 4.37. The van der Waals surface area contributed by atoms with Gasteiger partial charge in [-0.15, -0.1) is 0 Å². The van der Waals surface area contributed by atoms with Crippen LogP contribution in [-0.4, -0.2) is 32.8 Å². The number of guanidine groups is 1. The molecule has 3 rings (SSSR count). The molecule has 0 saturated heterocycles. The molecule has 1 aliphatic heterocycles. The van der Waals surface area contributed by atoms with Crippen LogP contribution in [0.15, 0.2) is 59.1 Å². The molecule has 0 bridgehead atoms. The maximum atomic E-state index is 5.35. The molecule has 0 spiro atoms. The number of ether oxygens (including phenoxy) is 1. The maximum Gasteiger partial charge on any atom is 0.191 e. The SMILES string of the molecule is CN=C(NCCC1=CCOCC1)NC(C)c1cccc2ccccc12. The Morgan fingerprint density at radius 3 is 2.84 bits per heavy atom. The van der Waals surface area contributed by atoms with Gasteiger partial charge in [0.05, 0.1) is 19.3 Å². The lowest BCUT2D eigenvalue weighted by atomic mass is 10.00. The highest BCUT2D eigenvalue weighted by molar-refractivity contribution is 5.87. The van der Waals surface area contributed by atoms with Crippen LogP contribution in [0.25, 0.3) is 10.8 Å². The summed E-state index contributed by atoms with van der Waals surface area (Å²) >= 11 is 0. The third-order valence-electron chi connectivity index (χ3n) is 4.66. The zero-order valence-electron chi connectivity index (χ0n) is 15.1. The van der Waals surface area contributed by atoms with Gasteiger partial charge in [-0.3, -0.25) is 4.99 Å². The van der Waals surface area contributed by atoms with E-state index in [0.29, 0.717) is 0 Å². The number of hydrogen-bond donors (Lipinski definition) is 2. The molecule has 1 heterocycles. The van der Waals surface area contributed by atoms with E-state index in [1.54, 1.807) is 0 Å². The molecule has 4 heteroatoms. The van der Waals surface area contributed by atoms with Crippen LogP contribution in [0, 0.1) is 0 Å². The number of rotatable bonds is 5. The normalized spacial score (nSPS) is 16.4. The van der Waals surface area contributed by atoms with Gasteiger partial charge in [-0.1, -0.05) is 54.1 Å². The van der Waals surface area contributed by atoms with Gasteiger partial charge in [0, 0.05) is 13.6 Å². The van der Waals surface area contributed by atoms with Crippen LogP contribution in [0.5, 0.6) is 0 Å². The predicted molar refractivity (Wildman–Crippen MR) is 105 cm³/mol. The first-order valence-electron chi connectivity index (χ1n) is 8.98. The highest BCUT2D eigenvalue weighted by atomic mass is 16.5. The Morgan fingerprint density at radius 1 is 1.20 bits per heavy atom. The quantitative estimate of drug-likeness (QED) is 0.495. The number of aliphatic imine (C=N–C) groups is 1. The molecule has 0 amide bonds. The average Bonchev–Trinajstić information content (AvgIpc) is 2.67. The molecule has 1 aliphatic rings. The van der Waals surface area contributed by atoms with Gasteiger partial charge >= 0.3 is 0 Å². The molecule has 0 radical (unpaired) electrons. The Hall–Kier alpha value is -2.33. The molecule has 2 aromatic carbocycles. The van der Waals surface area contributed by atoms with Gasteiger partial charge in [-0.05, 0) is 36.1 Å². The molecule has 25 heavy (non-hydrogen) atoms. The second-order valence-corrected chi connectivity index (χ2v) is 6.37. The van der Waals surface area contributed by atoms with Crippen molar-refractivity contribution in [2.24, 2.45) is 4.99 Å². The Balaban J connectivity index is 1.60. The Kier molecular flexibility index (Phi) is 6.07. The monoisotopic (exact) mass is 337 g/mol. The van der Waals surface area contributed by atoms with E-state index in [2.05, 4.69) is 71.1 Å². The molecular weight excluding hydrogens is 310 g/mol. The molecule has 4 nitrogen and oxygen atoms in total. The van der Waals surface area contributed by atoms with Gasteiger partial charge in [0.25, 0.3) is 0 Å². The first kappa shape index (κ1) is 17.5. The fourth-order valence-corrected chi connectivity index (χ4v) is 3.24. The zero-order valence-corrected chi connectivity index (χ0v) is 15.1. The zero-order chi connectivity index (χ0) is 17.5. The van der Waals surface area contributed by atoms with E-state index < -0.39 is 0 Å². The van der Waals surface area contributed by atoms with Crippen molar-refractivity contribution >= 4 is 16.7 Å². The number of fused-ring (bicyclic) bond motifs is 1. The van der Waals surface area contributed by atoms with E-state index in [9.17, 15) is 0 Å². The van der Waals surface area contributed by atoms with Crippen molar-refractivity contribution in [2.75, 3.05) is 26.8 Å². The smallest absolute Gasteiger partial charge is 0.191 e. The molecule has 132 valence electrons. The number of benzene rings is 2. The second-order valence-electron chi connectivity index (χ2n) is 6.37. The molecule has 0 aliphatic carbocycles. The summed E-state index contributed by atoms with van der Waals surface area (Å²) in [6.07, 6.45) is 4.27. The van der Waals surface area contributed by atoms with E-state index in [1.165, 1.54) is 21.9 Å². The van der Waals surface area contributed by atoms with Crippen LogP contribution in [-0.2, 0) is 4.74 Å². The standard InChI is InChI=1S/C21H27N3O/c1-16(19-9-5-7-18-6-3-4-8-20(18)19)24-21(22-2)23-13-10-17-11-14-25-15-12-17/h3-9,11,16H,10,12-15H2,1-2H3,(H2,22,23,24). The molecule has 0 fully saturated rings. The van der Waals surface area contributed by atoms with Gasteiger partial charge in [-0.2, -0.15) is 0 Å².